The molecule has 3 aliphatic rings. The number of nitrogens with zero attached hydrogens (tertiary/aromatic N) is 4. The third-order valence-electron chi connectivity index (χ3n) is 6.85. The van der Waals surface area contributed by atoms with Crippen molar-refractivity contribution < 1.29 is 9.53 Å². The lowest BCUT2D eigenvalue weighted by atomic mass is 9.80. The lowest BCUT2D eigenvalue weighted by Crippen LogP contribution is -2.44. The quantitative estimate of drug-likeness (QED) is 0.732. The van der Waals surface area contributed by atoms with Crippen LogP contribution in [0.15, 0.2) is 36.4 Å². The van der Waals surface area contributed by atoms with Gasteiger partial charge in [-0.05, 0) is 50.6 Å². The maximum Gasteiger partial charge on any atom is 0.246 e. The van der Waals surface area contributed by atoms with Crippen molar-refractivity contribution in [1.29, 1.82) is 0 Å². The van der Waals surface area contributed by atoms with E-state index in [-0.39, 0.29) is 11.9 Å². The molecule has 0 bridgehead atoms. The molecule has 1 unspecified atom stereocenters. The minimum atomic E-state index is 0.0308. The number of hydrogen-bond acceptors (Lipinski definition) is 5. The molecule has 1 aromatic heterocycles. The summed E-state index contributed by atoms with van der Waals surface area (Å²) in [6.45, 7) is 3.24. The summed E-state index contributed by atoms with van der Waals surface area (Å²) in [6.07, 6.45) is 8.45. The fourth-order valence-corrected chi connectivity index (χ4v) is 4.84. The first-order valence-corrected chi connectivity index (χ1v) is 11.8. The molecule has 0 spiro atoms. The van der Waals surface area contributed by atoms with Crippen LogP contribution in [-0.2, 0) is 11.2 Å². The second-order valence-corrected chi connectivity index (χ2v) is 9.35. The van der Waals surface area contributed by atoms with Crippen molar-refractivity contribution in [3.05, 3.63) is 53.2 Å². The Morgan fingerprint density at radius 1 is 1.28 bits per heavy atom. The molecule has 170 valence electrons. The number of nitrogens with one attached hydrogen (secondary N) is 1. The summed E-state index contributed by atoms with van der Waals surface area (Å²) in [5.74, 6) is 1.47. The number of benzene rings is 1. The van der Waals surface area contributed by atoms with Gasteiger partial charge in [0.25, 0.3) is 0 Å². The molecule has 7 nitrogen and oxygen atoms in total. The van der Waals surface area contributed by atoms with Crippen LogP contribution < -0.4 is 10.1 Å². The van der Waals surface area contributed by atoms with E-state index in [2.05, 4.69) is 34.3 Å². The molecular weight excluding hydrogens is 402 g/mol. The minimum absolute atomic E-state index is 0.0308. The number of likely N-dealkylation sites (N-methyl/N-ethyl adjacent to an activating group) is 1. The van der Waals surface area contributed by atoms with Crippen molar-refractivity contribution in [1.82, 2.24) is 24.9 Å². The summed E-state index contributed by atoms with van der Waals surface area (Å²) in [5, 5.41) is 8.45. The molecule has 0 saturated heterocycles. The van der Waals surface area contributed by atoms with E-state index < -0.39 is 0 Å². The van der Waals surface area contributed by atoms with Crippen molar-refractivity contribution in [2.24, 2.45) is 0 Å². The van der Waals surface area contributed by atoms with Gasteiger partial charge in [0, 0.05) is 32.1 Å². The van der Waals surface area contributed by atoms with Gasteiger partial charge in [0.05, 0.1) is 29.5 Å². The maximum atomic E-state index is 12.8. The zero-order chi connectivity index (χ0) is 22.1. The Labute approximate surface area is 190 Å². The first kappa shape index (κ1) is 21.2. The number of rotatable bonds is 5. The van der Waals surface area contributed by atoms with Crippen molar-refractivity contribution in [3.8, 4) is 11.6 Å². The second-order valence-electron chi connectivity index (χ2n) is 9.35. The average molecular weight is 436 g/mol. The molecule has 2 aliphatic heterocycles. The lowest BCUT2D eigenvalue weighted by molar-refractivity contribution is -0.127. The number of carbonyl (C=O) groups excluding carboxylic acids is 1. The van der Waals surface area contributed by atoms with E-state index in [9.17, 15) is 4.79 Å². The van der Waals surface area contributed by atoms with Crippen LogP contribution in [0.2, 0.25) is 0 Å². The fourth-order valence-electron chi connectivity index (χ4n) is 4.84. The van der Waals surface area contributed by atoms with Crippen molar-refractivity contribution in [2.45, 2.75) is 37.6 Å². The standard InChI is InChI=1S/C25H33N5O2/c1-28(2)14-4-7-23(31)29-15-16-32-25-24-21(17-29)26-13-12-22(24)30(27-25)20-10-8-19(9-11-20)18-5-3-6-18/h4,7-11,18,21,26H,3,5-6,12-17H2,1-2H3/b7-4+. The Morgan fingerprint density at radius 2 is 2.09 bits per heavy atom. The number of ether oxygens (including phenoxy) is 1. The molecule has 2 aromatic rings. The number of carbonyl (C=O) groups is 1. The van der Waals surface area contributed by atoms with Crippen molar-refractivity contribution in [3.63, 3.8) is 0 Å². The number of amides is 1. The topological polar surface area (TPSA) is 62.6 Å². The molecule has 3 heterocycles. The van der Waals surface area contributed by atoms with Gasteiger partial charge in [-0.3, -0.25) is 4.79 Å². The normalized spacial score (nSPS) is 21.1. The van der Waals surface area contributed by atoms with Gasteiger partial charge < -0.3 is 19.9 Å². The predicted molar refractivity (Wildman–Crippen MR) is 124 cm³/mol. The van der Waals surface area contributed by atoms with Crippen LogP contribution in [0.3, 0.4) is 0 Å². The molecule has 1 fully saturated rings. The van der Waals surface area contributed by atoms with Gasteiger partial charge in [0.1, 0.15) is 6.61 Å². The Hall–Kier alpha value is -2.64. The number of aromatic nitrogens is 2. The second kappa shape index (κ2) is 9.08. The van der Waals surface area contributed by atoms with E-state index in [1.54, 1.807) is 6.08 Å². The van der Waals surface area contributed by atoms with Gasteiger partial charge in [0.2, 0.25) is 11.8 Å². The summed E-state index contributed by atoms with van der Waals surface area (Å²) >= 11 is 0. The molecule has 1 aromatic carbocycles. The third kappa shape index (κ3) is 4.19. The van der Waals surface area contributed by atoms with E-state index in [1.165, 1.54) is 30.5 Å². The van der Waals surface area contributed by atoms with E-state index in [4.69, 9.17) is 9.84 Å². The predicted octanol–water partition coefficient (Wildman–Crippen LogP) is 2.67. The summed E-state index contributed by atoms with van der Waals surface area (Å²) in [7, 11) is 3.98. The van der Waals surface area contributed by atoms with Gasteiger partial charge in [-0.1, -0.05) is 24.6 Å². The van der Waals surface area contributed by atoms with Crippen molar-refractivity contribution in [2.75, 3.05) is 46.9 Å². The highest BCUT2D eigenvalue weighted by Gasteiger charge is 2.33. The average Bonchev–Trinajstić information content (AvgIpc) is 3.09. The zero-order valence-corrected chi connectivity index (χ0v) is 19.1. The SMILES string of the molecule is CN(C)C/C=C/C(=O)N1CCOc2nn(-c3ccc(C4CCC4)cc3)c3c2C(C1)NCC3. The molecule has 1 amide bonds. The molecule has 1 atom stereocenters. The molecule has 32 heavy (non-hydrogen) atoms. The van der Waals surface area contributed by atoms with Crippen LogP contribution in [0.25, 0.3) is 5.69 Å². The van der Waals surface area contributed by atoms with Crippen LogP contribution >= 0.6 is 0 Å². The van der Waals surface area contributed by atoms with Crippen LogP contribution in [0.5, 0.6) is 5.88 Å². The highest BCUT2D eigenvalue weighted by Crippen LogP contribution is 2.38. The summed E-state index contributed by atoms with van der Waals surface area (Å²) in [5.41, 5.74) is 4.82. The van der Waals surface area contributed by atoms with Crippen LogP contribution in [-0.4, -0.2) is 72.4 Å². The molecule has 1 N–H and O–H groups in total. The molecule has 5 rings (SSSR count). The van der Waals surface area contributed by atoms with Crippen molar-refractivity contribution >= 4 is 5.91 Å². The van der Waals surface area contributed by atoms with Gasteiger partial charge in [-0.2, -0.15) is 0 Å². The Bertz CT molecular complexity index is 991. The summed E-state index contributed by atoms with van der Waals surface area (Å²) in [4.78, 5) is 16.7. The monoisotopic (exact) mass is 435 g/mol. The highest BCUT2D eigenvalue weighted by atomic mass is 16.5. The molecule has 0 radical (unpaired) electrons. The van der Waals surface area contributed by atoms with E-state index in [1.807, 2.05) is 30.0 Å². The fraction of sp³-hybridized carbons (Fsp3) is 0.520. The zero-order valence-electron chi connectivity index (χ0n) is 19.1. The Morgan fingerprint density at radius 3 is 2.81 bits per heavy atom. The molecular formula is C25H33N5O2. The number of hydrogen-bond donors (Lipinski definition) is 1. The first-order chi connectivity index (χ1) is 15.6. The smallest absolute Gasteiger partial charge is 0.246 e. The Kier molecular flexibility index (Phi) is 6.02. The van der Waals surface area contributed by atoms with E-state index in [0.29, 0.717) is 25.6 Å². The molecule has 1 saturated carbocycles. The molecule has 7 heteroatoms. The first-order valence-electron chi connectivity index (χ1n) is 11.8. The summed E-state index contributed by atoms with van der Waals surface area (Å²) in [6, 6.07) is 8.92. The van der Waals surface area contributed by atoms with Crippen LogP contribution in [0, 0.1) is 0 Å². The van der Waals surface area contributed by atoms with E-state index >= 15 is 0 Å². The van der Waals surface area contributed by atoms with Gasteiger partial charge in [-0.25, -0.2) is 4.68 Å². The van der Waals surface area contributed by atoms with E-state index in [0.717, 1.165) is 36.7 Å². The Balaban J connectivity index is 1.39. The third-order valence-corrected chi connectivity index (χ3v) is 6.85. The van der Waals surface area contributed by atoms with Gasteiger partial charge in [-0.15, -0.1) is 5.10 Å². The largest absolute Gasteiger partial charge is 0.474 e. The highest BCUT2D eigenvalue weighted by molar-refractivity contribution is 5.87. The minimum Gasteiger partial charge on any atom is -0.474 e. The summed E-state index contributed by atoms with van der Waals surface area (Å²) < 4.78 is 8.14. The van der Waals surface area contributed by atoms with Gasteiger partial charge >= 0.3 is 0 Å². The van der Waals surface area contributed by atoms with Crippen LogP contribution in [0.1, 0.15) is 48.0 Å². The van der Waals surface area contributed by atoms with Gasteiger partial charge in [0.15, 0.2) is 0 Å². The lowest BCUT2D eigenvalue weighted by Gasteiger charge is -2.32. The van der Waals surface area contributed by atoms with Crippen LogP contribution in [0.4, 0.5) is 0 Å². The maximum absolute atomic E-state index is 12.8. The molecule has 1 aliphatic carbocycles.